The maximum absolute atomic E-state index is 12.0. The molecule has 0 radical (unpaired) electrons. The van der Waals surface area contributed by atoms with Gasteiger partial charge in [0.05, 0.1) is 0 Å². The fourth-order valence-electron chi connectivity index (χ4n) is 2.71. The molecule has 0 unspecified atom stereocenters. The van der Waals surface area contributed by atoms with Gasteiger partial charge in [-0.1, -0.05) is 48.6 Å². The second kappa shape index (κ2) is 4.45. The maximum Gasteiger partial charge on any atom is 0.160 e. The predicted molar refractivity (Wildman–Crippen MR) is 82.4 cm³/mol. The first-order chi connectivity index (χ1) is 9.39. The molecule has 3 rings (SSSR count). The lowest BCUT2D eigenvalue weighted by Gasteiger charge is -2.19. The molecule has 0 bridgehead atoms. The van der Waals surface area contributed by atoms with E-state index >= 15 is 0 Å². The van der Waals surface area contributed by atoms with Crippen LogP contribution in [0.5, 0.6) is 0 Å². The Morgan fingerprint density at radius 3 is 1.80 bits per heavy atom. The zero-order valence-electron chi connectivity index (χ0n) is 11.8. The van der Waals surface area contributed by atoms with Gasteiger partial charge < -0.3 is 0 Å². The maximum atomic E-state index is 12.0. The van der Waals surface area contributed by atoms with E-state index in [2.05, 4.69) is 24.3 Å². The Labute approximate surface area is 120 Å². The molecule has 104 valence electrons. The van der Waals surface area contributed by atoms with E-state index in [9.17, 15) is 8.42 Å². The highest BCUT2D eigenvalue weighted by molar-refractivity contribution is 7.92. The van der Waals surface area contributed by atoms with Gasteiger partial charge in [0.2, 0.25) is 0 Å². The zero-order valence-corrected chi connectivity index (χ0v) is 12.6. The summed E-state index contributed by atoms with van der Waals surface area (Å²) < 4.78 is 23.0. The van der Waals surface area contributed by atoms with E-state index in [4.69, 9.17) is 0 Å². The van der Waals surface area contributed by atoms with Crippen molar-refractivity contribution in [2.24, 2.45) is 0 Å². The highest BCUT2D eigenvalue weighted by Gasteiger charge is 2.31. The number of hydrogen-bond donors (Lipinski definition) is 0. The average molecular weight is 286 g/mol. The molecule has 0 saturated carbocycles. The second-order valence-corrected chi connectivity index (χ2v) is 8.22. The Morgan fingerprint density at radius 2 is 1.40 bits per heavy atom. The van der Waals surface area contributed by atoms with Gasteiger partial charge >= 0.3 is 0 Å². The SMILES string of the molecule is CC1(S(C)(=O)=O)C=CC2=C(C=C1)Cc1ccccc1C2. The van der Waals surface area contributed by atoms with Crippen molar-refractivity contribution in [1.82, 2.24) is 0 Å². The van der Waals surface area contributed by atoms with Gasteiger partial charge in [-0.25, -0.2) is 8.42 Å². The van der Waals surface area contributed by atoms with Crippen molar-refractivity contribution >= 4 is 9.84 Å². The van der Waals surface area contributed by atoms with Crippen LogP contribution in [0.3, 0.4) is 0 Å². The van der Waals surface area contributed by atoms with Crippen LogP contribution in [0.2, 0.25) is 0 Å². The van der Waals surface area contributed by atoms with Crippen molar-refractivity contribution < 1.29 is 8.42 Å². The van der Waals surface area contributed by atoms with Crippen molar-refractivity contribution in [3.8, 4) is 0 Å². The molecule has 0 aromatic heterocycles. The summed E-state index contributed by atoms with van der Waals surface area (Å²) in [5.74, 6) is 0. The minimum atomic E-state index is -3.16. The first kappa shape index (κ1) is 13.4. The standard InChI is InChI=1S/C17H18O2S/c1-17(20(2,18)19)9-7-15-11-13-5-3-4-6-14(13)12-16(15)8-10-17/h3-10H,11-12H2,1-2H3. The van der Waals surface area contributed by atoms with Crippen LogP contribution in [-0.4, -0.2) is 19.4 Å². The van der Waals surface area contributed by atoms with Gasteiger partial charge in [0.25, 0.3) is 0 Å². The third-order valence-electron chi connectivity index (χ3n) is 4.32. The van der Waals surface area contributed by atoms with Gasteiger partial charge in [-0.15, -0.1) is 0 Å². The average Bonchev–Trinajstić information content (AvgIpc) is 2.57. The highest BCUT2D eigenvalue weighted by atomic mass is 32.2. The molecule has 2 aliphatic carbocycles. The number of fused-ring (bicyclic) bond motifs is 1. The summed E-state index contributed by atoms with van der Waals surface area (Å²) in [6.45, 7) is 1.75. The van der Waals surface area contributed by atoms with Gasteiger partial charge in [-0.3, -0.25) is 0 Å². The van der Waals surface area contributed by atoms with Crippen LogP contribution in [0, 0.1) is 0 Å². The van der Waals surface area contributed by atoms with Crippen LogP contribution in [0.4, 0.5) is 0 Å². The van der Waals surface area contributed by atoms with E-state index in [1.54, 1.807) is 6.92 Å². The number of benzene rings is 1. The molecule has 0 heterocycles. The zero-order chi connectivity index (χ0) is 14.4. The molecule has 20 heavy (non-hydrogen) atoms. The smallest absolute Gasteiger partial charge is 0.160 e. The summed E-state index contributed by atoms with van der Waals surface area (Å²) in [5.41, 5.74) is 5.14. The molecule has 0 atom stereocenters. The first-order valence-corrected chi connectivity index (χ1v) is 8.65. The van der Waals surface area contributed by atoms with Crippen LogP contribution in [0.1, 0.15) is 18.1 Å². The molecule has 0 amide bonds. The number of sulfone groups is 1. The Kier molecular flexibility index (Phi) is 2.98. The fourth-order valence-corrected chi connectivity index (χ4v) is 3.34. The van der Waals surface area contributed by atoms with Crippen molar-refractivity contribution in [1.29, 1.82) is 0 Å². The van der Waals surface area contributed by atoms with Crippen molar-refractivity contribution in [2.45, 2.75) is 24.5 Å². The van der Waals surface area contributed by atoms with Crippen molar-refractivity contribution in [3.63, 3.8) is 0 Å². The topological polar surface area (TPSA) is 34.1 Å². The van der Waals surface area contributed by atoms with E-state index in [1.165, 1.54) is 28.5 Å². The van der Waals surface area contributed by atoms with Gasteiger partial charge in [0.1, 0.15) is 4.75 Å². The molecule has 2 nitrogen and oxygen atoms in total. The Hall–Kier alpha value is -1.61. The highest BCUT2D eigenvalue weighted by Crippen LogP contribution is 2.32. The third-order valence-corrected chi connectivity index (χ3v) is 6.19. The summed E-state index contributed by atoms with van der Waals surface area (Å²) in [6, 6.07) is 8.41. The lowest BCUT2D eigenvalue weighted by molar-refractivity contribution is 0.586. The van der Waals surface area contributed by atoms with Gasteiger partial charge in [-0.2, -0.15) is 0 Å². The van der Waals surface area contributed by atoms with Crippen LogP contribution in [-0.2, 0) is 22.7 Å². The monoisotopic (exact) mass is 286 g/mol. The van der Waals surface area contributed by atoms with E-state index in [0.29, 0.717) is 0 Å². The Balaban J connectivity index is 2.02. The lowest BCUT2D eigenvalue weighted by atomic mass is 9.86. The van der Waals surface area contributed by atoms with E-state index in [-0.39, 0.29) is 0 Å². The summed E-state index contributed by atoms with van der Waals surface area (Å²) in [5, 5.41) is 0. The summed E-state index contributed by atoms with van der Waals surface area (Å²) in [7, 11) is -3.16. The molecular formula is C17H18O2S. The summed E-state index contributed by atoms with van der Waals surface area (Å²) in [6.07, 6.45) is 10.7. The van der Waals surface area contributed by atoms with E-state index in [0.717, 1.165) is 12.8 Å². The molecule has 3 heteroatoms. The predicted octanol–water partition coefficient (Wildman–Crippen LogP) is 3.01. The largest absolute Gasteiger partial charge is 0.228 e. The third kappa shape index (κ3) is 2.16. The normalized spacial score (nSPS) is 20.3. The Bertz CT molecular complexity index is 704. The fraction of sp³-hybridized carbons (Fsp3) is 0.294. The lowest BCUT2D eigenvalue weighted by Crippen LogP contribution is -2.29. The second-order valence-electron chi connectivity index (χ2n) is 5.80. The summed E-state index contributed by atoms with van der Waals surface area (Å²) >= 11 is 0. The molecule has 0 spiro atoms. The molecule has 0 N–H and O–H groups in total. The van der Waals surface area contributed by atoms with E-state index in [1.807, 2.05) is 24.3 Å². The van der Waals surface area contributed by atoms with Crippen LogP contribution in [0.25, 0.3) is 0 Å². The number of allylic oxidation sites excluding steroid dienone is 4. The van der Waals surface area contributed by atoms with Gasteiger partial charge in [0.15, 0.2) is 9.84 Å². The van der Waals surface area contributed by atoms with Gasteiger partial charge in [-0.05, 0) is 42.0 Å². The first-order valence-electron chi connectivity index (χ1n) is 6.76. The molecular weight excluding hydrogens is 268 g/mol. The molecule has 0 saturated heterocycles. The molecule has 1 aromatic carbocycles. The van der Waals surface area contributed by atoms with Crippen LogP contribution in [0.15, 0.2) is 59.7 Å². The minimum absolute atomic E-state index is 0.881. The van der Waals surface area contributed by atoms with Crippen molar-refractivity contribution in [2.75, 3.05) is 6.26 Å². The Morgan fingerprint density at radius 1 is 0.950 bits per heavy atom. The van der Waals surface area contributed by atoms with Gasteiger partial charge in [0, 0.05) is 6.26 Å². The molecule has 0 fully saturated rings. The van der Waals surface area contributed by atoms with Crippen molar-refractivity contribution in [3.05, 3.63) is 70.8 Å². The van der Waals surface area contributed by atoms with Crippen LogP contribution < -0.4 is 0 Å². The minimum Gasteiger partial charge on any atom is -0.228 e. The van der Waals surface area contributed by atoms with E-state index < -0.39 is 14.6 Å². The molecule has 0 aliphatic heterocycles. The molecule has 2 aliphatic rings. The number of rotatable bonds is 1. The summed E-state index contributed by atoms with van der Waals surface area (Å²) in [4.78, 5) is 0. The van der Waals surface area contributed by atoms with Crippen LogP contribution >= 0.6 is 0 Å². The molecule has 1 aromatic rings. The number of hydrogen-bond acceptors (Lipinski definition) is 2. The quantitative estimate of drug-likeness (QED) is 0.795.